The number of nitrogens with two attached hydrogens (primary N) is 1. The first kappa shape index (κ1) is 14.7. The third-order valence-corrected chi connectivity index (χ3v) is 0.393. The van der Waals surface area contributed by atoms with Crippen LogP contribution >= 0.6 is 0 Å². The van der Waals surface area contributed by atoms with Crippen molar-refractivity contribution >= 4 is 6.16 Å². The number of carboxylic acid groups (broad SMARTS) is 1. The maximum absolute atomic E-state index is 9.79. The normalized spacial score (nSPS) is 11.3. The van der Waals surface area contributed by atoms with Crippen molar-refractivity contribution < 1.29 is 14.6 Å². The summed E-state index contributed by atoms with van der Waals surface area (Å²) in [5.41, 5.74) is 4.78. The second kappa shape index (κ2) is 5.07. The lowest BCUT2D eigenvalue weighted by Gasteiger charge is -2.15. The zero-order valence-corrected chi connectivity index (χ0v) is 9.34. The average molecular weight is 191 g/mol. The highest BCUT2D eigenvalue weighted by molar-refractivity contribution is 5.57. The fourth-order valence-corrected chi connectivity index (χ4v) is 0.262. The van der Waals surface area contributed by atoms with Crippen molar-refractivity contribution in [2.24, 2.45) is 5.73 Å². The minimum absolute atomic E-state index is 0. The van der Waals surface area contributed by atoms with Crippen LogP contribution in [-0.4, -0.2) is 22.4 Å². The molecule has 80 valence electrons. The molecule has 0 fully saturated rings. The van der Waals surface area contributed by atoms with E-state index in [1.54, 1.807) is 20.8 Å². The van der Waals surface area contributed by atoms with E-state index in [2.05, 4.69) is 4.74 Å². The minimum Gasteiger partial charge on any atom is -0.450 e. The second-order valence-corrected chi connectivity index (χ2v) is 4.85. The molecule has 0 bridgehead atoms. The second-order valence-electron chi connectivity index (χ2n) is 4.85. The van der Waals surface area contributed by atoms with Crippen LogP contribution in [0.4, 0.5) is 4.79 Å². The molecule has 0 saturated heterocycles. The van der Waals surface area contributed by atoms with Gasteiger partial charge in [0.15, 0.2) is 0 Å². The highest BCUT2D eigenvalue weighted by Crippen LogP contribution is 2.05. The molecule has 0 aliphatic heterocycles. The van der Waals surface area contributed by atoms with Crippen molar-refractivity contribution in [1.82, 2.24) is 0 Å². The Morgan fingerprint density at radius 2 is 1.38 bits per heavy atom. The third kappa shape index (κ3) is 53.5. The van der Waals surface area contributed by atoms with Crippen molar-refractivity contribution in [2.75, 3.05) is 0 Å². The summed E-state index contributed by atoms with van der Waals surface area (Å²) in [6.07, 6.45) is -1.22. The molecule has 13 heavy (non-hydrogen) atoms. The van der Waals surface area contributed by atoms with Gasteiger partial charge < -0.3 is 15.6 Å². The Labute approximate surface area is 80.1 Å². The Bertz CT molecular complexity index is 147. The Morgan fingerprint density at radius 3 is 1.38 bits per heavy atom. The van der Waals surface area contributed by atoms with Crippen molar-refractivity contribution in [3.8, 4) is 0 Å². The van der Waals surface area contributed by atoms with Crippen LogP contribution in [0.1, 0.15) is 41.5 Å². The predicted octanol–water partition coefficient (Wildman–Crippen LogP) is 2.22. The van der Waals surface area contributed by atoms with E-state index in [0.29, 0.717) is 0 Å². The minimum atomic E-state index is -1.22. The topological polar surface area (TPSA) is 72.5 Å². The SMILES string of the molecule is CC(C)(C)N.CC(C)(C)OC(=O)O. The van der Waals surface area contributed by atoms with E-state index in [-0.39, 0.29) is 5.54 Å². The van der Waals surface area contributed by atoms with Gasteiger partial charge in [-0.1, -0.05) is 0 Å². The lowest BCUT2D eigenvalue weighted by atomic mass is 10.1. The number of ether oxygens (including phenoxy) is 1. The van der Waals surface area contributed by atoms with Crippen LogP contribution in [-0.2, 0) is 4.74 Å². The first-order valence-corrected chi connectivity index (χ1v) is 4.12. The van der Waals surface area contributed by atoms with Gasteiger partial charge >= 0.3 is 6.16 Å². The zero-order valence-electron chi connectivity index (χ0n) is 9.34. The molecule has 0 heterocycles. The van der Waals surface area contributed by atoms with Crippen LogP contribution in [0.2, 0.25) is 0 Å². The molecule has 0 saturated carbocycles. The quantitative estimate of drug-likeness (QED) is 0.576. The molecular formula is C9H21NO3. The van der Waals surface area contributed by atoms with Gasteiger partial charge in [-0.3, -0.25) is 0 Å². The van der Waals surface area contributed by atoms with Crippen molar-refractivity contribution in [3.05, 3.63) is 0 Å². The van der Waals surface area contributed by atoms with Crippen LogP contribution in [0.25, 0.3) is 0 Å². The Balaban J connectivity index is 0. The molecule has 0 atom stereocenters. The lowest BCUT2D eigenvalue weighted by Crippen LogP contribution is -2.26. The number of carbonyl (C=O) groups is 1. The standard InChI is InChI=1S/C5H10O3.C4H11N/c1-5(2,3)8-4(6)7;1-4(2,3)5/h1-3H3,(H,6,7);5H2,1-3H3. The Hall–Kier alpha value is -0.770. The summed E-state index contributed by atoms with van der Waals surface area (Å²) < 4.78 is 4.35. The molecular weight excluding hydrogens is 170 g/mol. The summed E-state index contributed by atoms with van der Waals surface area (Å²) >= 11 is 0. The number of rotatable bonds is 0. The van der Waals surface area contributed by atoms with E-state index in [9.17, 15) is 4.79 Å². The Morgan fingerprint density at radius 1 is 1.15 bits per heavy atom. The summed E-state index contributed by atoms with van der Waals surface area (Å²) in [5.74, 6) is 0. The highest BCUT2D eigenvalue weighted by atomic mass is 16.7. The monoisotopic (exact) mass is 191 g/mol. The van der Waals surface area contributed by atoms with E-state index in [1.807, 2.05) is 20.8 Å². The molecule has 0 rings (SSSR count). The summed E-state index contributed by atoms with van der Waals surface area (Å²) in [7, 11) is 0. The summed E-state index contributed by atoms with van der Waals surface area (Å²) in [4.78, 5) is 9.79. The molecule has 0 aliphatic carbocycles. The first-order valence-electron chi connectivity index (χ1n) is 4.12. The van der Waals surface area contributed by atoms with Crippen LogP contribution in [0, 0.1) is 0 Å². The molecule has 0 radical (unpaired) electrons. The highest BCUT2D eigenvalue weighted by Gasteiger charge is 2.13. The van der Waals surface area contributed by atoms with Crippen molar-refractivity contribution in [3.63, 3.8) is 0 Å². The van der Waals surface area contributed by atoms with E-state index in [0.717, 1.165) is 0 Å². The molecule has 0 aliphatic rings. The molecule has 0 unspecified atom stereocenters. The molecule has 4 nitrogen and oxygen atoms in total. The van der Waals surface area contributed by atoms with E-state index < -0.39 is 11.8 Å². The molecule has 0 amide bonds. The molecule has 0 aromatic heterocycles. The van der Waals surface area contributed by atoms with Crippen LogP contribution < -0.4 is 5.73 Å². The van der Waals surface area contributed by atoms with Gasteiger partial charge in [0, 0.05) is 5.54 Å². The Kier molecular flexibility index (Phi) is 5.74. The lowest BCUT2D eigenvalue weighted by molar-refractivity contribution is 0.0150. The first-order chi connectivity index (χ1) is 5.42. The maximum Gasteiger partial charge on any atom is 0.506 e. The summed E-state index contributed by atoms with van der Waals surface area (Å²) in [5, 5.41) is 8.03. The van der Waals surface area contributed by atoms with Gasteiger partial charge in [-0.25, -0.2) is 4.79 Å². The van der Waals surface area contributed by atoms with E-state index in [1.165, 1.54) is 0 Å². The smallest absolute Gasteiger partial charge is 0.450 e. The number of hydrogen-bond acceptors (Lipinski definition) is 3. The van der Waals surface area contributed by atoms with Gasteiger partial charge in [0.05, 0.1) is 0 Å². The van der Waals surface area contributed by atoms with Crippen LogP contribution in [0.3, 0.4) is 0 Å². The van der Waals surface area contributed by atoms with Crippen LogP contribution in [0.15, 0.2) is 0 Å². The molecule has 4 heteroatoms. The maximum atomic E-state index is 9.79. The van der Waals surface area contributed by atoms with E-state index in [4.69, 9.17) is 10.8 Å². The van der Waals surface area contributed by atoms with Gasteiger partial charge in [0.25, 0.3) is 0 Å². The van der Waals surface area contributed by atoms with Gasteiger partial charge in [0.2, 0.25) is 0 Å². The molecule has 0 spiro atoms. The average Bonchev–Trinajstić information content (AvgIpc) is 1.47. The third-order valence-electron chi connectivity index (χ3n) is 0.393. The molecule has 0 aromatic carbocycles. The fraction of sp³-hybridized carbons (Fsp3) is 0.889. The fourth-order valence-electron chi connectivity index (χ4n) is 0.262. The van der Waals surface area contributed by atoms with Gasteiger partial charge in [0.1, 0.15) is 5.60 Å². The van der Waals surface area contributed by atoms with Crippen molar-refractivity contribution in [1.29, 1.82) is 0 Å². The van der Waals surface area contributed by atoms with E-state index >= 15 is 0 Å². The van der Waals surface area contributed by atoms with Crippen LogP contribution in [0.5, 0.6) is 0 Å². The van der Waals surface area contributed by atoms with Gasteiger partial charge in [-0.15, -0.1) is 0 Å². The molecule has 0 aromatic rings. The molecule has 3 N–H and O–H groups in total. The number of hydrogen-bond donors (Lipinski definition) is 2. The summed E-state index contributed by atoms with van der Waals surface area (Å²) in [6, 6.07) is 0. The zero-order chi connectivity index (χ0) is 11.3. The van der Waals surface area contributed by atoms with Gasteiger partial charge in [-0.2, -0.15) is 0 Å². The van der Waals surface area contributed by atoms with Crippen molar-refractivity contribution in [2.45, 2.75) is 52.7 Å². The summed E-state index contributed by atoms with van der Waals surface area (Å²) in [6.45, 7) is 10.9. The largest absolute Gasteiger partial charge is 0.506 e. The predicted molar refractivity (Wildman–Crippen MR) is 52.8 cm³/mol. The van der Waals surface area contributed by atoms with Gasteiger partial charge in [-0.05, 0) is 41.5 Å².